The van der Waals surface area contributed by atoms with E-state index >= 15 is 0 Å². The second kappa shape index (κ2) is 7.24. The van der Waals surface area contributed by atoms with Crippen LogP contribution in [0.15, 0.2) is 71.5 Å². The van der Waals surface area contributed by atoms with Crippen molar-refractivity contribution < 1.29 is 3.63 Å². The molecular weight excluding hydrogens is 272 g/mol. The van der Waals surface area contributed by atoms with Crippen molar-refractivity contribution in [1.29, 1.82) is 0 Å². The highest BCUT2D eigenvalue weighted by atomic mass is 32.2. The number of rotatable bonds is 6. The lowest BCUT2D eigenvalue weighted by Crippen LogP contribution is -1.76. The van der Waals surface area contributed by atoms with E-state index in [-0.39, 0.29) is 0 Å². The summed E-state index contributed by atoms with van der Waals surface area (Å²) in [5, 5.41) is 0. The summed E-state index contributed by atoms with van der Waals surface area (Å²) >= 11 is 2.71. The lowest BCUT2D eigenvalue weighted by Gasteiger charge is -2.02. The van der Waals surface area contributed by atoms with Crippen LogP contribution in [-0.4, -0.2) is 0 Å². The van der Waals surface area contributed by atoms with Gasteiger partial charge in [-0.1, -0.05) is 49.6 Å². The van der Waals surface area contributed by atoms with Gasteiger partial charge in [0, 0.05) is 33.9 Å². The van der Waals surface area contributed by atoms with E-state index in [2.05, 4.69) is 13.2 Å². The third kappa shape index (κ3) is 4.31. The first kappa shape index (κ1) is 14.0. The summed E-state index contributed by atoms with van der Waals surface area (Å²) in [4.78, 5) is 2.14. The number of hydrogen-bond acceptors (Lipinski definition) is 3. The second-order valence-electron chi connectivity index (χ2n) is 3.78. The quantitative estimate of drug-likeness (QED) is 0.630. The van der Waals surface area contributed by atoms with Crippen molar-refractivity contribution in [2.24, 2.45) is 0 Å². The summed E-state index contributed by atoms with van der Waals surface area (Å²) in [7, 11) is 0. The molecule has 19 heavy (non-hydrogen) atoms. The topological polar surface area (TPSA) is 9.23 Å². The maximum Gasteiger partial charge on any atom is 0.0447 e. The van der Waals surface area contributed by atoms with Crippen LogP contribution in [0.25, 0.3) is 12.2 Å². The van der Waals surface area contributed by atoms with Crippen LogP contribution in [0.3, 0.4) is 0 Å². The third-order valence-electron chi connectivity index (χ3n) is 2.49. The minimum absolute atomic E-state index is 1.07. The molecule has 0 aromatic heterocycles. The SMILES string of the molecule is C=Cc1ccc(SOSc2ccc(C=C)cc2)cc1. The molecule has 0 fully saturated rings. The highest BCUT2D eigenvalue weighted by Gasteiger charge is 1.98. The van der Waals surface area contributed by atoms with Gasteiger partial charge in [0.1, 0.15) is 0 Å². The molecule has 0 saturated carbocycles. The van der Waals surface area contributed by atoms with Gasteiger partial charge >= 0.3 is 0 Å². The lowest BCUT2D eigenvalue weighted by atomic mass is 10.2. The van der Waals surface area contributed by atoms with Crippen LogP contribution in [0.2, 0.25) is 0 Å². The van der Waals surface area contributed by atoms with Crippen LogP contribution in [0.4, 0.5) is 0 Å². The van der Waals surface area contributed by atoms with E-state index in [1.165, 1.54) is 24.1 Å². The van der Waals surface area contributed by atoms with E-state index in [0.717, 1.165) is 20.9 Å². The summed E-state index contributed by atoms with van der Waals surface area (Å²) in [6, 6.07) is 16.1. The van der Waals surface area contributed by atoms with Crippen LogP contribution in [0, 0.1) is 0 Å². The molecule has 3 heteroatoms. The second-order valence-corrected chi connectivity index (χ2v) is 5.60. The number of benzene rings is 2. The fraction of sp³-hybridized carbons (Fsp3) is 0. The maximum absolute atomic E-state index is 5.53. The molecule has 0 heterocycles. The van der Waals surface area contributed by atoms with Crippen LogP contribution in [0.1, 0.15) is 11.1 Å². The largest absolute Gasteiger partial charge is 0.237 e. The van der Waals surface area contributed by atoms with Crippen molar-refractivity contribution in [2.75, 3.05) is 0 Å². The van der Waals surface area contributed by atoms with Gasteiger partial charge in [-0.05, 0) is 35.4 Å². The first-order valence-electron chi connectivity index (χ1n) is 5.78. The Balaban J connectivity index is 1.84. The molecule has 0 spiro atoms. The van der Waals surface area contributed by atoms with Crippen LogP contribution >= 0.6 is 24.1 Å². The average molecular weight is 286 g/mol. The van der Waals surface area contributed by atoms with Gasteiger partial charge in [-0.2, -0.15) is 0 Å². The Kier molecular flexibility index (Phi) is 5.33. The Morgan fingerprint density at radius 3 is 1.37 bits per heavy atom. The normalized spacial score (nSPS) is 10.1. The van der Waals surface area contributed by atoms with E-state index in [0.29, 0.717) is 0 Å². The molecule has 2 rings (SSSR count). The van der Waals surface area contributed by atoms with Crippen LogP contribution in [0.5, 0.6) is 0 Å². The molecule has 0 aliphatic rings. The predicted molar refractivity (Wildman–Crippen MR) is 85.9 cm³/mol. The van der Waals surface area contributed by atoms with Crippen molar-refractivity contribution >= 4 is 36.2 Å². The first-order chi connectivity index (χ1) is 9.31. The molecule has 0 saturated heterocycles. The molecule has 0 N–H and O–H groups in total. The molecule has 0 aliphatic heterocycles. The molecule has 0 radical (unpaired) electrons. The zero-order valence-corrected chi connectivity index (χ0v) is 12.0. The highest BCUT2D eigenvalue weighted by Crippen LogP contribution is 2.30. The van der Waals surface area contributed by atoms with E-state index in [4.69, 9.17) is 3.63 Å². The Morgan fingerprint density at radius 1 is 0.684 bits per heavy atom. The summed E-state index contributed by atoms with van der Waals surface area (Å²) < 4.78 is 5.53. The Hall–Kier alpha value is -1.42. The van der Waals surface area contributed by atoms with Crippen molar-refractivity contribution in [3.8, 4) is 0 Å². The van der Waals surface area contributed by atoms with Gasteiger partial charge in [0.2, 0.25) is 0 Å². The zero-order valence-electron chi connectivity index (χ0n) is 10.4. The van der Waals surface area contributed by atoms with E-state index < -0.39 is 0 Å². The Labute approximate surface area is 122 Å². The highest BCUT2D eigenvalue weighted by molar-refractivity contribution is 8.07. The standard InChI is InChI=1S/C16H14OS2/c1-3-13-5-9-15(10-6-13)18-17-19-16-11-7-14(4-2)8-12-16/h3-12H,1-2H2. The Morgan fingerprint density at radius 2 is 1.05 bits per heavy atom. The first-order valence-corrected chi connectivity index (χ1v) is 7.26. The minimum Gasteiger partial charge on any atom is -0.237 e. The molecule has 1 nitrogen and oxygen atoms in total. The van der Waals surface area contributed by atoms with Gasteiger partial charge in [0.25, 0.3) is 0 Å². The van der Waals surface area contributed by atoms with Gasteiger partial charge in [-0.15, -0.1) is 0 Å². The van der Waals surface area contributed by atoms with Crippen molar-refractivity contribution in [1.82, 2.24) is 0 Å². The van der Waals surface area contributed by atoms with E-state index in [9.17, 15) is 0 Å². The monoisotopic (exact) mass is 286 g/mol. The molecule has 0 unspecified atom stereocenters. The van der Waals surface area contributed by atoms with E-state index in [1.54, 1.807) is 0 Å². The summed E-state index contributed by atoms with van der Waals surface area (Å²) in [6.07, 6.45) is 3.65. The predicted octanol–water partition coefficient (Wildman–Crippen LogP) is 5.70. The van der Waals surface area contributed by atoms with Crippen molar-refractivity contribution in [3.63, 3.8) is 0 Å². The van der Waals surface area contributed by atoms with Gasteiger partial charge < -0.3 is 0 Å². The van der Waals surface area contributed by atoms with Gasteiger partial charge in [-0.25, -0.2) is 3.63 Å². The minimum atomic E-state index is 1.07. The zero-order chi connectivity index (χ0) is 13.5. The molecule has 0 bridgehead atoms. The van der Waals surface area contributed by atoms with Gasteiger partial charge in [0.15, 0.2) is 0 Å². The van der Waals surface area contributed by atoms with Crippen molar-refractivity contribution in [3.05, 3.63) is 72.8 Å². The number of hydrogen-bond donors (Lipinski definition) is 0. The molecular formula is C16H14OS2. The summed E-state index contributed by atoms with van der Waals surface area (Å²) in [6.45, 7) is 7.45. The maximum atomic E-state index is 5.53. The Bertz CT molecular complexity index is 492. The third-order valence-corrected chi connectivity index (χ3v) is 3.97. The fourth-order valence-corrected chi connectivity index (χ4v) is 2.67. The lowest BCUT2D eigenvalue weighted by molar-refractivity contribution is 0.756. The summed E-state index contributed by atoms with van der Waals surface area (Å²) in [5.41, 5.74) is 2.22. The molecule has 0 aliphatic carbocycles. The molecule has 2 aromatic carbocycles. The molecule has 96 valence electrons. The van der Waals surface area contributed by atoms with Crippen molar-refractivity contribution in [2.45, 2.75) is 9.79 Å². The van der Waals surface area contributed by atoms with Crippen LogP contribution in [-0.2, 0) is 3.63 Å². The summed E-state index contributed by atoms with van der Waals surface area (Å²) in [5.74, 6) is 0. The van der Waals surface area contributed by atoms with Crippen LogP contribution < -0.4 is 0 Å². The van der Waals surface area contributed by atoms with Gasteiger partial charge in [0.05, 0.1) is 0 Å². The van der Waals surface area contributed by atoms with Gasteiger partial charge in [-0.3, -0.25) is 0 Å². The fourth-order valence-electron chi connectivity index (χ4n) is 1.41. The molecule has 2 aromatic rings. The average Bonchev–Trinajstić information content (AvgIpc) is 2.49. The smallest absolute Gasteiger partial charge is 0.0447 e. The molecule has 0 atom stereocenters. The molecule has 0 amide bonds. The van der Waals surface area contributed by atoms with E-state index in [1.807, 2.05) is 60.7 Å².